The Morgan fingerprint density at radius 1 is 0.800 bits per heavy atom. The van der Waals surface area contributed by atoms with Crippen LogP contribution in [0.15, 0.2) is 72.8 Å². The molecule has 1 saturated heterocycles. The van der Waals surface area contributed by atoms with Gasteiger partial charge in [-0.3, -0.25) is 4.90 Å². The van der Waals surface area contributed by atoms with Crippen LogP contribution in [-0.4, -0.2) is 42.0 Å². The molecule has 0 aliphatic carbocycles. The SMILES string of the molecule is CC.Fc1ccc(C(CCCN2CCN(c3nsc4ccccc34)CC2)c2ccc(F)cc2)cc1. The second-order valence-electron chi connectivity index (χ2n) is 8.63. The summed E-state index contributed by atoms with van der Waals surface area (Å²) in [6.45, 7) is 9.01. The van der Waals surface area contributed by atoms with Crippen LogP contribution in [0.3, 0.4) is 0 Å². The summed E-state index contributed by atoms with van der Waals surface area (Å²) in [6.07, 6.45) is 1.97. The second-order valence-corrected chi connectivity index (χ2v) is 9.43. The van der Waals surface area contributed by atoms with Gasteiger partial charge in [-0.2, -0.15) is 4.37 Å². The molecule has 5 rings (SSSR count). The highest BCUT2D eigenvalue weighted by atomic mass is 32.1. The summed E-state index contributed by atoms with van der Waals surface area (Å²) in [5, 5.41) is 1.25. The number of benzene rings is 3. The highest BCUT2D eigenvalue weighted by molar-refractivity contribution is 7.13. The maximum Gasteiger partial charge on any atom is 0.150 e. The molecule has 0 atom stereocenters. The van der Waals surface area contributed by atoms with Gasteiger partial charge in [0, 0.05) is 37.5 Å². The fourth-order valence-corrected chi connectivity index (χ4v) is 5.51. The quantitative estimate of drug-likeness (QED) is 0.269. The maximum absolute atomic E-state index is 13.5. The van der Waals surface area contributed by atoms with E-state index in [2.05, 4.69) is 34.1 Å². The predicted molar refractivity (Wildman–Crippen MR) is 143 cm³/mol. The molecule has 0 N–H and O–H groups in total. The number of rotatable bonds is 7. The first-order valence-corrected chi connectivity index (χ1v) is 13.3. The number of hydrogen-bond donors (Lipinski definition) is 0. The molecule has 1 aliphatic heterocycles. The Labute approximate surface area is 211 Å². The summed E-state index contributed by atoms with van der Waals surface area (Å²) in [4.78, 5) is 4.91. The molecule has 0 radical (unpaired) electrons. The molecule has 6 heteroatoms. The van der Waals surface area contributed by atoms with Crippen molar-refractivity contribution < 1.29 is 8.78 Å². The molecule has 35 heavy (non-hydrogen) atoms. The van der Waals surface area contributed by atoms with E-state index in [1.807, 2.05) is 38.1 Å². The van der Waals surface area contributed by atoms with Crippen molar-refractivity contribution in [2.24, 2.45) is 0 Å². The topological polar surface area (TPSA) is 19.4 Å². The van der Waals surface area contributed by atoms with E-state index in [4.69, 9.17) is 4.37 Å². The predicted octanol–water partition coefficient (Wildman–Crippen LogP) is 7.34. The van der Waals surface area contributed by atoms with Gasteiger partial charge in [0.25, 0.3) is 0 Å². The van der Waals surface area contributed by atoms with Crippen LogP contribution >= 0.6 is 11.5 Å². The number of hydrogen-bond acceptors (Lipinski definition) is 4. The average molecular weight is 494 g/mol. The van der Waals surface area contributed by atoms with Gasteiger partial charge in [-0.1, -0.05) is 50.2 Å². The van der Waals surface area contributed by atoms with Crippen LogP contribution in [0.5, 0.6) is 0 Å². The van der Waals surface area contributed by atoms with Crippen molar-refractivity contribution in [3.63, 3.8) is 0 Å². The van der Waals surface area contributed by atoms with E-state index >= 15 is 0 Å². The van der Waals surface area contributed by atoms with Crippen LogP contribution in [0.25, 0.3) is 10.1 Å². The molecule has 3 aromatic carbocycles. The zero-order chi connectivity index (χ0) is 24.6. The Morgan fingerprint density at radius 2 is 1.37 bits per heavy atom. The van der Waals surface area contributed by atoms with Crippen molar-refractivity contribution in [2.75, 3.05) is 37.6 Å². The van der Waals surface area contributed by atoms with Gasteiger partial charge in [-0.25, -0.2) is 8.78 Å². The largest absolute Gasteiger partial charge is 0.353 e. The molecule has 1 fully saturated rings. The first kappa shape index (κ1) is 25.3. The van der Waals surface area contributed by atoms with Crippen molar-refractivity contribution in [3.8, 4) is 0 Å². The minimum atomic E-state index is -0.234. The zero-order valence-electron chi connectivity index (χ0n) is 20.5. The van der Waals surface area contributed by atoms with Gasteiger partial charge in [0.2, 0.25) is 0 Å². The van der Waals surface area contributed by atoms with Gasteiger partial charge in [-0.05, 0) is 78.4 Å². The third-order valence-electron chi connectivity index (χ3n) is 6.54. The minimum absolute atomic E-state index is 0.133. The lowest BCUT2D eigenvalue weighted by atomic mass is 9.87. The molecule has 0 amide bonds. The summed E-state index contributed by atoms with van der Waals surface area (Å²) in [7, 11) is 0. The van der Waals surface area contributed by atoms with Crippen LogP contribution in [0.4, 0.5) is 14.6 Å². The summed E-state index contributed by atoms with van der Waals surface area (Å²) < 4.78 is 32.9. The van der Waals surface area contributed by atoms with Crippen LogP contribution < -0.4 is 4.90 Å². The highest BCUT2D eigenvalue weighted by Crippen LogP contribution is 2.31. The van der Waals surface area contributed by atoms with Crippen LogP contribution in [0.1, 0.15) is 43.7 Å². The van der Waals surface area contributed by atoms with Gasteiger partial charge < -0.3 is 4.90 Å². The number of nitrogens with zero attached hydrogens (tertiary/aromatic N) is 3. The fourth-order valence-electron chi connectivity index (χ4n) is 4.72. The summed E-state index contributed by atoms with van der Waals surface area (Å²) >= 11 is 1.57. The van der Waals surface area contributed by atoms with Crippen LogP contribution in [-0.2, 0) is 0 Å². The standard InChI is InChI=1S/C27H27F2N3S.C2H6/c28-22-11-7-20(8-12-22)24(21-9-13-23(29)14-10-21)5-3-15-31-16-18-32(19-17-31)27-25-4-1-2-6-26(25)33-30-27;1-2/h1-2,4,6-14,24H,3,5,15-19H2;1-2H3. The number of anilines is 1. The van der Waals surface area contributed by atoms with Crippen molar-refractivity contribution in [1.29, 1.82) is 0 Å². The van der Waals surface area contributed by atoms with Gasteiger partial charge in [0.05, 0.1) is 4.70 Å². The molecule has 1 aliphatic rings. The first-order valence-electron chi connectivity index (χ1n) is 12.5. The van der Waals surface area contributed by atoms with E-state index in [9.17, 15) is 8.78 Å². The van der Waals surface area contributed by atoms with Crippen molar-refractivity contribution in [1.82, 2.24) is 9.27 Å². The van der Waals surface area contributed by atoms with E-state index < -0.39 is 0 Å². The Kier molecular flexibility index (Phi) is 8.83. The third-order valence-corrected chi connectivity index (χ3v) is 7.36. The minimum Gasteiger partial charge on any atom is -0.353 e. The van der Waals surface area contributed by atoms with E-state index in [0.29, 0.717) is 0 Å². The molecule has 184 valence electrons. The highest BCUT2D eigenvalue weighted by Gasteiger charge is 2.21. The average Bonchev–Trinajstić information content (AvgIpc) is 3.34. The molecular weight excluding hydrogens is 460 g/mol. The van der Waals surface area contributed by atoms with Crippen molar-refractivity contribution in [3.05, 3.63) is 95.6 Å². The normalized spacial score (nSPS) is 14.3. The molecule has 3 nitrogen and oxygen atoms in total. The van der Waals surface area contributed by atoms with Gasteiger partial charge in [0.1, 0.15) is 17.5 Å². The number of aromatic nitrogens is 1. The smallest absolute Gasteiger partial charge is 0.150 e. The zero-order valence-corrected chi connectivity index (χ0v) is 21.3. The summed E-state index contributed by atoms with van der Waals surface area (Å²) in [6, 6.07) is 21.8. The monoisotopic (exact) mass is 493 g/mol. The molecule has 0 bridgehead atoms. The van der Waals surface area contributed by atoms with Crippen molar-refractivity contribution in [2.45, 2.75) is 32.6 Å². The Balaban J connectivity index is 0.00000141. The van der Waals surface area contributed by atoms with Gasteiger partial charge in [0.15, 0.2) is 0 Å². The summed E-state index contributed by atoms with van der Waals surface area (Å²) in [5.74, 6) is 0.779. The lowest BCUT2D eigenvalue weighted by Crippen LogP contribution is -2.46. The molecule has 0 saturated carbocycles. The summed E-state index contributed by atoms with van der Waals surface area (Å²) in [5.41, 5.74) is 2.14. The molecule has 4 aromatic rings. The number of fused-ring (bicyclic) bond motifs is 1. The van der Waals surface area contributed by atoms with Crippen molar-refractivity contribution >= 4 is 27.4 Å². The van der Waals surface area contributed by atoms with Gasteiger partial charge in [-0.15, -0.1) is 0 Å². The first-order chi connectivity index (χ1) is 17.2. The maximum atomic E-state index is 13.5. The fraction of sp³-hybridized carbons (Fsp3) is 0.345. The Morgan fingerprint density at radius 3 is 1.97 bits per heavy atom. The third kappa shape index (κ3) is 6.24. The van der Waals surface area contributed by atoms with E-state index in [0.717, 1.165) is 62.5 Å². The number of halogens is 2. The van der Waals surface area contributed by atoms with Gasteiger partial charge >= 0.3 is 0 Å². The molecule has 1 aromatic heterocycles. The Hall–Kier alpha value is -2.83. The molecular formula is C29H33F2N3S. The van der Waals surface area contributed by atoms with Crippen LogP contribution in [0.2, 0.25) is 0 Å². The lowest BCUT2D eigenvalue weighted by molar-refractivity contribution is 0.251. The molecule has 0 spiro atoms. The Bertz CT molecular complexity index is 1140. The molecule has 2 heterocycles. The van der Waals surface area contributed by atoms with E-state index in [1.54, 1.807) is 11.5 Å². The lowest BCUT2D eigenvalue weighted by Gasteiger charge is -2.35. The van der Waals surface area contributed by atoms with E-state index in [1.165, 1.54) is 34.4 Å². The number of piperazine rings is 1. The molecule has 0 unspecified atom stereocenters. The second kappa shape index (κ2) is 12.2. The van der Waals surface area contributed by atoms with E-state index in [-0.39, 0.29) is 17.6 Å². The van der Waals surface area contributed by atoms with Crippen LogP contribution in [0, 0.1) is 11.6 Å².